The van der Waals surface area contributed by atoms with Crippen molar-refractivity contribution in [1.29, 1.82) is 0 Å². The summed E-state index contributed by atoms with van der Waals surface area (Å²) < 4.78 is 4.72. The highest BCUT2D eigenvalue weighted by Crippen LogP contribution is 2.20. The molecule has 0 aromatic carbocycles. The van der Waals surface area contributed by atoms with Gasteiger partial charge in [-0.15, -0.1) is 11.3 Å². The fourth-order valence-corrected chi connectivity index (χ4v) is 2.14. The van der Waals surface area contributed by atoms with E-state index in [0.29, 0.717) is 0 Å². The molecular formula is C14H20N2O3S. The van der Waals surface area contributed by atoms with Gasteiger partial charge >= 0.3 is 5.97 Å². The summed E-state index contributed by atoms with van der Waals surface area (Å²) in [6, 6.07) is -0.693. The van der Waals surface area contributed by atoms with Crippen molar-refractivity contribution in [1.82, 2.24) is 10.3 Å². The minimum Gasteiger partial charge on any atom is -0.467 e. The second kappa shape index (κ2) is 6.65. The second-order valence-corrected chi connectivity index (χ2v) is 6.52. The number of hydrogen-bond donors (Lipinski definition) is 1. The van der Waals surface area contributed by atoms with E-state index in [1.54, 1.807) is 6.08 Å². The lowest BCUT2D eigenvalue weighted by atomic mass is 9.86. The predicted octanol–water partition coefficient (Wildman–Crippen LogP) is 2.17. The van der Waals surface area contributed by atoms with Gasteiger partial charge in [0.1, 0.15) is 6.04 Å². The smallest absolute Gasteiger partial charge is 0.328 e. The van der Waals surface area contributed by atoms with Crippen molar-refractivity contribution in [2.45, 2.75) is 33.7 Å². The van der Waals surface area contributed by atoms with E-state index in [-0.39, 0.29) is 5.91 Å². The molecule has 1 amide bonds. The number of rotatable bonds is 4. The van der Waals surface area contributed by atoms with Crippen molar-refractivity contribution in [3.8, 4) is 0 Å². The molecule has 5 nitrogen and oxygen atoms in total. The fraction of sp³-hybridized carbons (Fsp3) is 0.500. The first-order chi connectivity index (χ1) is 9.24. The largest absolute Gasteiger partial charge is 0.467 e. The van der Waals surface area contributed by atoms with Gasteiger partial charge < -0.3 is 10.1 Å². The monoisotopic (exact) mass is 296 g/mol. The van der Waals surface area contributed by atoms with E-state index < -0.39 is 17.4 Å². The summed E-state index contributed by atoms with van der Waals surface area (Å²) in [5.41, 5.74) is 0.307. The molecule has 1 heterocycles. The Kier molecular flexibility index (Phi) is 5.44. The third kappa shape index (κ3) is 4.77. The maximum atomic E-state index is 11.9. The maximum Gasteiger partial charge on any atom is 0.328 e. The van der Waals surface area contributed by atoms with Crippen molar-refractivity contribution in [3.05, 3.63) is 22.2 Å². The first kappa shape index (κ1) is 16.4. The molecule has 0 aliphatic rings. The summed E-state index contributed by atoms with van der Waals surface area (Å²) in [7, 11) is 1.31. The summed E-state index contributed by atoms with van der Waals surface area (Å²) in [6.45, 7) is 7.49. The highest BCUT2D eigenvalue weighted by atomic mass is 32.1. The summed E-state index contributed by atoms with van der Waals surface area (Å²) in [5, 5.41) is 5.46. The number of ether oxygens (including phenoxy) is 1. The number of nitrogens with one attached hydrogen (secondary N) is 1. The van der Waals surface area contributed by atoms with Gasteiger partial charge in [0, 0.05) is 11.5 Å². The van der Waals surface area contributed by atoms with Gasteiger partial charge in [0.05, 0.1) is 17.8 Å². The summed E-state index contributed by atoms with van der Waals surface area (Å²) >= 11 is 1.51. The minimum atomic E-state index is -0.693. The molecule has 0 bridgehead atoms. The Labute approximate surface area is 123 Å². The van der Waals surface area contributed by atoms with Crippen LogP contribution < -0.4 is 5.32 Å². The number of esters is 1. The lowest BCUT2D eigenvalue weighted by Crippen LogP contribution is -2.49. The van der Waals surface area contributed by atoms with Gasteiger partial charge in [0.2, 0.25) is 5.91 Å². The van der Waals surface area contributed by atoms with Gasteiger partial charge in [-0.2, -0.15) is 0 Å². The Bertz CT molecular complexity index is 515. The Hall–Kier alpha value is -1.69. The topological polar surface area (TPSA) is 68.3 Å². The van der Waals surface area contributed by atoms with Crippen molar-refractivity contribution in [3.63, 3.8) is 0 Å². The number of methoxy groups -OCH3 is 1. The van der Waals surface area contributed by atoms with Crippen LogP contribution >= 0.6 is 11.3 Å². The van der Waals surface area contributed by atoms with Crippen LogP contribution in [0.25, 0.3) is 6.08 Å². The zero-order valence-corrected chi connectivity index (χ0v) is 13.2. The molecule has 0 unspecified atom stereocenters. The number of aryl methyl sites for hydroxylation is 1. The zero-order valence-electron chi connectivity index (χ0n) is 12.4. The van der Waals surface area contributed by atoms with Crippen LogP contribution in [0.3, 0.4) is 0 Å². The SMILES string of the molecule is COC(=O)[C@@H](NC(=O)/C=C/c1csc(C)n1)C(C)(C)C. The number of carbonyl (C=O) groups excluding carboxylic acids is 2. The normalized spacial score (nSPS) is 13.2. The van der Waals surface area contributed by atoms with Crippen molar-refractivity contribution in [2.75, 3.05) is 7.11 Å². The molecule has 0 spiro atoms. The molecule has 0 radical (unpaired) electrons. The van der Waals surface area contributed by atoms with E-state index in [9.17, 15) is 9.59 Å². The maximum absolute atomic E-state index is 11.9. The Morgan fingerprint density at radius 2 is 2.10 bits per heavy atom. The van der Waals surface area contributed by atoms with Crippen molar-refractivity contribution < 1.29 is 14.3 Å². The van der Waals surface area contributed by atoms with E-state index >= 15 is 0 Å². The van der Waals surface area contributed by atoms with Crippen LogP contribution in [0.5, 0.6) is 0 Å². The van der Waals surface area contributed by atoms with Crippen LogP contribution in [0.2, 0.25) is 0 Å². The quantitative estimate of drug-likeness (QED) is 0.683. The van der Waals surface area contributed by atoms with Crippen molar-refractivity contribution in [2.24, 2.45) is 5.41 Å². The van der Waals surface area contributed by atoms with E-state index in [1.165, 1.54) is 24.5 Å². The van der Waals surface area contributed by atoms with Crippen LogP contribution in [0.4, 0.5) is 0 Å². The molecule has 110 valence electrons. The predicted molar refractivity (Wildman–Crippen MR) is 79.3 cm³/mol. The minimum absolute atomic E-state index is 0.346. The lowest BCUT2D eigenvalue weighted by molar-refractivity contribution is -0.147. The highest BCUT2D eigenvalue weighted by Gasteiger charge is 2.33. The molecule has 0 aliphatic carbocycles. The fourth-order valence-electron chi connectivity index (χ4n) is 1.55. The van der Waals surface area contributed by atoms with E-state index in [2.05, 4.69) is 10.3 Å². The van der Waals surface area contributed by atoms with Gasteiger partial charge in [0.25, 0.3) is 0 Å². The molecule has 20 heavy (non-hydrogen) atoms. The van der Waals surface area contributed by atoms with Crippen LogP contribution in [0, 0.1) is 12.3 Å². The van der Waals surface area contributed by atoms with Crippen LogP contribution in [0.15, 0.2) is 11.5 Å². The lowest BCUT2D eigenvalue weighted by Gasteiger charge is -2.28. The molecule has 1 atom stereocenters. The van der Waals surface area contributed by atoms with E-state index in [0.717, 1.165) is 10.7 Å². The summed E-state index contributed by atoms with van der Waals surface area (Å²) in [5.74, 6) is -0.801. The molecule has 0 aliphatic heterocycles. The molecule has 1 aromatic rings. The Morgan fingerprint density at radius 3 is 2.55 bits per heavy atom. The van der Waals surface area contributed by atoms with Gasteiger partial charge in [-0.25, -0.2) is 9.78 Å². The van der Waals surface area contributed by atoms with Gasteiger partial charge in [-0.1, -0.05) is 20.8 Å². The van der Waals surface area contributed by atoms with Crippen LogP contribution in [-0.4, -0.2) is 30.0 Å². The molecule has 1 rings (SSSR count). The molecule has 0 fully saturated rings. The third-order valence-corrected chi connectivity index (χ3v) is 3.42. The molecule has 6 heteroatoms. The van der Waals surface area contributed by atoms with Gasteiger partial charge in [-0.3, -0.25) is 4.79 Å². The number of thiazole rings is 1. The van der Waals surface area contributed by atoms with E-state index in [1.807, 2.05) is 33.1 Å². The van der Waals surface area contributed by atoms with Gasteiger partial charge in [-0.05, 0) is 18.4 Å². The van der Waals surface area contributed by atoms with Crippen LogP contribution in [-0.2, 0) is 14.3 Å². The molecule has 0 saturated heterocycles. The molecule has 1 N–H and O–H groups in total. The number of amides is 1. The molecular weight excluding hydrogens is 276 g/mol. The highest BCUT2D eigenvalue weighted by molar-refractivity contribution is 7.09. The first-order valence-electron chi connectivity index (χ1n) is 6.22. The number of carbonyl (C=O) groups is 2. The third-order valence-electron chi connectivity index (χ3n) is 2.63. The average Bonchev–Trinajstić information content (AvgIpc) is 2.77. The standard InChI is InChI=1S/C14H20N2O3S/c1-9-15-10(8-20-9)6-7-11(17)16-12(13(18)19-5)14(2,3)4/h6-8,12H,1-5H3,(H,16,17)/b7-6+/t12-/m1/s1. The van der Waals surface area contributed by atoms with E-state index in [4.69, 9.17) is 4.74 Å². The van der Waals surface area contributed by atoms with Crippen LogP contribution in [0.1, 0.15) is 31.5 Å². The first-order valence-corrected chi connectivity index (χ1v) is 7.10. The summed E-state index contributed by atoms with van der Waals surface area (Å²) in [6.07, 6.45) is 2.99. The van der Waals surface area contributed by atoms with Crippen molar-refractivity contribution >= 4 is 29.3 Å². The number of aromatic nitrogens is 1. The Morgan fingerprint density at radius 1 is 1.45 bits per heavy atom. The molecule has 1 aromatic heterocycles. The average molecular weight is 296 g/mol. The summed E-state index contributed by atoms with van der Waals surface area (Å²) in [4.78, 5) is 27.8. The Balaban J connectivity index is 2.72. The second-order valence-electron chi connectivity index (χ2n) is 5.46. The molecule has 0 saturated carbocycles. The number of nitrogens with zero attached hydrogens (tertiary/aromatic N) is 1. The zero-order chi connectivity index (χ0) is 15.3. The van der Waals surface area contributed by atoms with Gasteiger partial charge in [0.15, 0.2) is 0 Å². The number of hydrogen-bond acceptors (Lipinski definition) is 5.